The maximum Gasteiger partial charge on any atom is 0.475 e. The van der Waals surface area contributed by atoms with Gasteiger partial charge in [-0.15, -0.1) is 0 Å². The summed E-state index contributed by atoms with van der Waals surface area (Å²) in [5, 5.41) is 17.0. The number of esters is 4. The van der Waals surface area contributed by atoms with Crippen molar-refractivity contribution in [3.8, 4) is 0 Å². The monoisotopic (exact) mass is 1780 g/mol. The summed E-state index contributed by atoms with van der Waals surface area (Å²) in [7, 11) is -7.61. The molecule has 0 bridgehead atoms. The lowest BCUT2D eigenvalue weighted by atomic mass is 9.95. The summed E-state index contributed by atoms with van der Waals surface area (Å²) in [5.74, 6) is -5.04. The molecule has 1 fully saturated rings. The first kappa shape index (κ1) is 113. The van der Waals surface area contributed by atoms with Crippen LogP contribution in [0.5, 0.6) is 0 Å². The lowest BCUT2D eigenvalue weighted by molar-refractivity contribution is -0.272. The molecule has 2 aromatic carbocycles. The van der Waals surface area contributed by atoms with Crippen LogP contribution in [0.4, 0.5) is 0 Å². The topological polar surface area (TPSA) is 273 Å². The van der Waals surface area contributed by atoms with Gasteiger partial charge in [-0.25, -0.2) is 9.36 Å². The van der Waals surface area contributed by atoms with Crippen LogP contribution < -0.4 is 10.6 Å². The third-order valence-corrected chi connectivity index (χ3v) is 30.5. The molecule has 3 rings (SSSR count). The number of ether oxygens (including phenoxy) is 6. The first-order valence-electron chi connectivity index (χ1n) is 50.5. The van der Waals surface area contributed by atoms with Gasteiger partial charge < -0.3 is 48.6 Å². The molecular weight excluding hydrogens is 1600 g/mol. The Labute approximate surface area is 753 Å². The van der Waals surface area contributed by atoms with Crippen molar-refractivity contribution < 1.29 is 89.7 Å². The first-order chi connectivity index (χ1) is 60.3. The van der Waals surface area contributed by atoms with Gasteiger partial charge in [0.05, 0.1) is 45.7 Å². The van der Waals surface area contributed by atoms with Gasteiger partial charge in [0.2, 0.25) is 11.8 Å². The number of unbranched alkanes of at least 4 members (excludes halogenated alkanes) is 42. The minimum atomic E-state index is -4.95. The third-order valence-electron chi connectivity index (χ3n) is 24.5. The SMILES string of the molecule is CCCCCCCCCCC[C@H](CC(=O)N[C@H]1[C@H](OC[C@H](NC(=O)C[C@@H](CCCCCCCCCCC)OC(=O)CCCCCCCCC)C(=O)O)O[C@H](CO[Si](CC)(CC)CC)[C@@H](OP(=O)(OCc2ccccc2)OCc2ccccc2)[C@@H]1OC(=O)C[C@@H](CCCCCCCCCCC)OC(=O)CCCCCCCCC)OC(=O)CCCCCCCCC. The van der Waals surface area contributed by atoms with Crippen LogP contribution in [0, 0.1) is 0 Å². The normalized spacial score (nSPS) is 16.4. The zero-order valence-corrected chi connectivity index (χ0v) is 81.4. The van der Waals surface area contributed by atoms with E-state index in [1.54, 1.807) is 24.3 Å². The Bertz CT molecular complexity index is 2980. The highest BCUT2D eigenvalue weighted by molar-refractivity contribution is 7.48. The van der Waals surface area contributed by atoms with E-state index in [1.807, 2.05) is 36.4 Å². The van der Waals surface area contributed by atoms with Gasteiger partial charge in [0, 0.05) is 19.3 Å². The Morgan fingerprint density at radius 3 is 1.06 bits per heavy atom. The highest BCUT2D eigenvalue weighted by Gasteiger charge is 2.54. The van der Waals surface area contributed by atoms with Gasteiger partial charge in [-0.3, -0.25) is 42.3 Å². The Balaban J connectivity index is 2.40. The van der Waals surface area contributed by atoms with E-state index in [4.69, 9.17) is 46.4 Å². The molecule has 0 aliphatic carbocycles. The van der Waals surface area contributed by atoms with Gasteiger partial charge in [0.1, 0.15) is 36.6 Å². The van der Waals surface area contributed by atoms with Crippen molar-refractivity contribution in [2.75, 3.05) is 13.2 Å². The quantitative estimate of drug-likeness (QED) is 0.0182. The molecule has 0 spiro atoms. The van der Waals surface area contributed by atoms with Crippen molar-refractivity contribution in [3.05, 3.63) is 71.8 Å². The molecule has 2 aromatic rings. The van der Waals surface area contributed by atoms with Crippen LogP contribution in [0.15, 0.2) is 60.7 Å². The smallest absolute Gasteiger partial charge is 0.475 e. The molecule has 23 heteroatoms. The molecule has 1 saturated heterocycles. The minimum absolute atomic E-state index is 0.153. The lowest BCUT2D eigenvalue weighted by Gasteiger charge is -2.47. The number of hydrogen-bond donors (Lipinski definition) is 3. The Morgan fingerprint density at radius 2 is 0.726 bits per heavy atom. The van der Waals surface area contributed by atoms with Crippen LogP contribution in [0.3, 0.4) is 0 Å². The average Bonchev–Trinajstić information content (AvgIpc) is 0.770. The number of carbonyl (C=O) groups is 7. The van der Waals surface area contributed by atoms with Crippen LogP contribution in [-0.4, -0.2) is 123 Å². The van der Waals surface area contributed by atoms with Gasteiger partial charge in [0.25, 0.3) is 0 Å². The van der Waals surface area contributed by atoms with E-state index in [9.17, 15) is 29.1 Å². The molecule has 9 atom stereocenters. The molecule has 0 aromatic heterocycles. The second-order valence-corrected chi connectivity index (χ2v) is 41.8. The molecule has 0 radical (unpaired) electrons. The molecular formula is C101H177N2O19PSi. The lowest BCUT2D eigenvalue weighted by Crippen LogP contribution is -2.67. The standard InChI is InChI=1S/C101H177N2O19PSi/c1-10-19-25-31-37-40-46-49-61-71-86(117-93(106)74-64-52-43-34-28-22-13-4)77-91(104)102-89(100(110)111)82-113-101-97(103-92(105)78-87(72-62-50-47-41-38-32-26-20-11-2)118-94(107)75-65-53-44-35-29-23-14-5)99(121-96(109)79-88(73-63-51-48-42-39-33-27-21-12-3)119-95(108)76-66-54-45-36-30-24-15-6)98(90(120-101)83-116-124(16-7,17-8)18-9)122-123(112,114-80-84-67-57-55-58-68-84)115-81-85-69-59-56-60-70-85/h55-60,67-70,86-90,97-99,101H,10-54,61-66,71-83H2,1-9H3,(H,102,104)(H,103,105)(H,110,111)/t86-,87-,88-,89+,90-,97-,98-,99-,101-/m1/s1. The predicted molar refractivity (Wildman–Crippen MR) is 501 cm³/mol. The highest BCUT2D eigenvalue weighted by Crippen LogP contribution is 2.54. The number of carboxylic acids is 1. The minimum Gasteiger partial charge on any atom is -0.480 e. The zero-order chi connectivity index (χ0) is 90.2. The zero-order valence-electron chi connectivity index (χ0n) is 79.5. The molecule has 2 amide bonds. The summed E-state index contributed by atoms with van der Waals surface area (Å²) in [6, 6.07) is 16.7. The summed E-state index contributed by atoms with van der Waals surface area (Å²) in [5.41, 5.74) is 1.24. The van der Waals surface area contributed by atoms with E-state index in [2.05, 4.69) is 72.9 Å². The maximum absolute atomic E-state index is 16.3. The molecule has 1 aliphatic heterocycles. The second kappa shape index (κ2) is 74.7. The summed E-state index contributed by atoms with van der Waals surface area (Å²) >= 11 is 0. The van der Waals surface area contributed by atoms with Crippen molar-refractivity contribution in [3.63, 3.8) is 0 Å². The number of hydrogen-bond acceptors (Lipinski definition) is 18. The summed E-state index contributed by atoms with van der Waals surface area (Å²) in [6.07, 6.45) is 40.1. The van der Waals surface area contributed by atoms with E-state index in [-0.39, 0.29) is 51.9 Å². The molecule has 714 valence electrons. The average molecular weight is 1780 g/mol. The number of phosphoric ester groups is 1. The van der Waals surface area contributed by atoms with Crippen molar-refractivity contribution in [2.45, 2.75) is 515 Å². The molecule has 21 nitrogen and oxygen atoms in total. The third kappa shape index (κ3) is 55.7. The van der Waals surface area contributed by atoms with Crippen LogP contribution in [0.2, 0.25) is 18.1 Å². The number of phosphoric acid groups is 1. The van der Waals surface area contributed by atoms with E-state index >= 15 is 14.2 Å². The van der Waals surface area contributed by atoms with Gasteiger partial charge >= 0.3 is 37.7 Å². The number of carbonyl (C=O) groups excluding carboxylic acids is 6. The number of carboxylic acid groups (broad SMARTS) is 1. The summed E-state index contributed by atoms with van der Waals surface area (Å²) < 4.78 is 82.7. The van der Waals surface area contributed by atoms with Crippen molar-refractivity contribution >= 4 is 57.8 Å². The van der Waals surface area contributed by atoms with Crippen molar-refractivity contribution in [1.29, 1.82) is 0 Å². The van der Waals surface area contributed by atoms with Crippen molar-refractivity contribution in [1.82, 2.24) is 10.6 Å². The Kier molecular flexibility index (Phi) is 68.1. The molecule has 0 saturated carbocycles. The van der Waals surface area contributed by atoms with Crippen LogP contribution >= 0.6 is 7.82 Å². The van der Waals surface area contributed by atoms with Crippen LogP contribution in [0.1, 0.15) is 439 Å². The van der Waals surface area contributed by atoms with Crippen LogP contribution in [0.25, 0.3) is 0 Å². The largest absolute Gasteiger partial charge is 0.480 e. The highest BCUT2D eigenvalue weighted by atomic mass is 31.2. The first-order valence-corrected chi connectivity index (χ1v) is 54.5. The van der Waals surface area contributed by atoms with E-state index < -0.39 is 126 Å². The number of rotatable bonds is 84. The second-order valence-electron chi connectivity index (χ2n) is 35.4. The Hall–Kier alpha value is -5.06. The predicted octanol–water partition coefficient (Wildman–Crippen LogP) is 26.7. The van der Waals surface area contributed by atoms with E-state index in [0.29, 0.717) is 87.0 Å². The fraction of sp³-hybridized carbons (Fsp3) is 0.812. The maximum atomic E-state index is 16.3. The molecule has 1 aliphatic rings. The van der Waals surface area contributed by atoms with Gasteiger partial charge in [-0.1, -0.05) is 393 Å². The van der Waals surface area contributed by atoms with E-state index in [1.165, 1.54) is 57.8 Å². The molecule has 124 heavy (non-hydrogen) atoms. The summed E-state index contributed by atoms with van der Waals surface area (Å²) in [4.78, 5) is 102. The van der Waals surface area contributed by atoms with Crippen molar-refractivity contribution in [2.24, 2.45) is 0 Å². The Morgan fingerprint density at radius 1 is 0.403 bits per heavy atom. The van der Waals surface area contributed by atoms with Gasteiger partial charge in [-0.05, 0) is 87.0 Å². The molecule has 3 N–H and O–H groups in total. The number of aliphatic carboxylic acids is 1. The van der Waals surface area contributed by atoms with Crippen LogP contribution in [-0.2, 0) is 97.8 Å². The number of benzene rings is 2. The molecule has 1 heterocycles. The fourth-order valence-electron chi connectivity index (χ4n) is 16.4. The number of amides is 2. The fourth-order valence-corrected chi connectivity index (χ4v) is 20.3. The number of nitrogens with one attached hydrogen (secondary N) is 2. The van der Waals surface area contributed by atoms with Gasteiger partial charge in [-0.2, -0.15) is 0 Å². The van der Waals surface area contributed by atoms with Gasteiger partial charge in [0.15, 0.2) is 26.8 Å². The molecule has 0 unspecified atom stereocenters. The van der Waals surface area contributed by atoms with E-state index in [0.717, 1.165) is 212 Å². The summed E-state index contributed by atoms with van der Waals surface area (Å²) in [6.45, 7) is 17.7.